The Balaban J connectivity index is 1.53. The summed E-state index contributed by atoms with van der Waals surface area (Å²) >= 11 is 0. The van der Waals surface area contributed by atoms with E-state index in [9.17, 15) is 9.18 Å². The second-order valence-electron chi connectivity index (χ2n) is 9.91. The van der Waals surface area contributed by atoms with Gasteiger partial charge in [0, 0.05) is 25.0 Å². The molecule has 0 heterocycles. The summed E-state index contributed by atoms with van der Waals surface area (Å²) in [5.41, 5.74) is 4.24. The molecule has 1 unspecified atom stereocenters. The zero-order valence-electron chi connectivity index (χ0n) is 22.8. The molecule has 0 amide bonds. The van der Waals surface area contributed by atoms with Crippen molar-refractivity contribution in [2.75, 3.05) is 20.0 Å². The number of carbonyl (C=O) groups is 1. The molecular weight excluding hydrogens is 505 g/mol. The van der Waals surface area contributed by atoms with Crippen LogP contribution in [0.25, 0.3) is 0 Å². The molecule has 0 aliphatic rings. The number of halogens is 1. The molecule has 4 aromatic rings. The fraction of sp³-hybridized carbons (Fsp3) is 0.265. The highest BCUT2D eigenvalue weighted by atomic mass is 19.1. The molecule has 0 aliphatic carbocycles. The number of alkyl halides is 1. The second-order valence-corrected chi connectivity index (χ2v) is 9.91. The van der Waals surface area contributed by atoms with Crippen molar-refractivity contribution in [2.24, 2.45) is 0 Å². The van der Waals surface area contributed by atoms with Crippen LogP contribution in [0.15, 0.2) is 109 Å². The van der Waals surface area contributed by atoms with Gasteiger partial charge in [0.15, 0.2) is 0 Å². The quantitative estimate of drug-likeness (QED) is 0.174. The lowest BCUT2D eigenvalue weighted by Crippen LogP contribution is -2.37. The van der Waals surface area contributed by atoms with Gasteiger partial charge in [-0.3, -0.25) is 9.69 Å². The summed E-state index contributed by atoms with van der Waals surface area (Å²) in [6.45, 7) is 3.25. The first-order valence-corrected chi connectivity index (χ1v) is 13.6. The summed E-state index contributed by atoms with van der Waals surface area (Å²) in [4.78, 5) is 13.5. The Morgan fingerprint density at radius 3 is 1.98 bits per heavy atom. The SMILES string of the molecule is CC(CCOc1cccc(CC(=O)O)c1)N(Cc1cccc(OCF)c1)CC(c1ccccc1)c1ccccc1. The number of hydrogen-bond donors (Lipinski definition) is 1. The van der Waals surface area contributed by atoms with E-state index < -0.39 is 12.8 Å². The number of benzene rings is 4. The Morgan fingerprint density at radius 2 is 1.38 bits per heavy atom. The van der Waals surface area contributed by atoms with E-state index in [2.05, 4.69) is 60.4 Å². The number of aliphatic carboxylic acids is 1. The van der Waals surface area contributed by atoms with E-state index in [1.165, 1.54) is 11.1 Å². The molecule has 0 spiro atoms. The van der Waals surface area contributed by atoms with E-state index >= 15 is 0 Å². The fourth-order valence-corrected chi connectivity index (χ4v) is 4.89. The van der Waals surface area contributed by atoms with Crippen molar-refractivity contribution in [2.45, 2.75) is 38.3 Å². The molecule has 6 heteroatoms. The summed E-state index contributed by atoms with van der Waals surface area (Å²) in [5, 5.41) is 9.10. The molecule has 0 fully saturated rings. The normalized spacial score (nSPS) is 11.9. The maximum atomic E-state index is 12.8. The van der Waals surface area contributed by atoms with Crippen LogP contribution in [0.3, 0.4) is 0 Å². The molecule has 0 bridgehead atoms. The van der Waals surface area contributed by atoms with Crippen molar-refractivity contribution in [1.29, 1.82) is 0 Å². The number of carboxylic acids is 1. The van der Waals surface area contributed by atoms with Gasteiger partial charge in [0.25, 0.3) is 0 Å². The lowest BCUT2D eigenvalue weighted by molar-refractivity contribution is -0.136. The molecule has 208 valence electrons. The van der Waals surface area contributed by atoms with Crippen molar-refractivity contribution < 1.29 is 23.8 Å². The van der Waals surface area contributed by atoms with Crippen molar-refractivity contribution in [3.8, 4) is 11.5 Å². The van der Waals surface area contributed by atoms with Gasteiger partial charge >= 0.3 is 5.97 Å². The first-order valence-electron chi connectivity index (χ1n) is 13.6. The second kappa shape index (κ2) is 14.8. The average molecular weight is 542 g/mol. The zero-order valence-corrected chi connectivity index (χ0v) is 22.8. The molecule has 5 nitrogen and oxygen atoms in total. The molecule has 0 aromatic heterocycles. The van der Waals surface area contributed by atoms with E-state index in [1.807, 2.05) is 42.5 Å². The minimum absolute atomic E-state index is 0.0348. The van der Waals surface area contributed by atoms with Gasteiger partial charge in [0.05, 0.1) is 13.0 Å². The third-order valence-corrected chi connectivity index (χ3v) is 7.01. The van der Waals surface area contributed by atoms with Crippen molar-refractivity contribution in [3.63, 3.8) is 0 Å². The van der Waals surface area contributed by atoms with Crippen LogP contribution in [0.5, 0.6) is 11.5 Å². The lowest BCUT2D eigenvalue weighted by Gasteiger charge is -2.33. The average Bonchev–Trinajstić information content (AvgIpc) is 2.96. The highest BCUT2D eigenvalue weighted by Crippen LogP contribution is 2.28. The molecule has 40 heavy (non-hydrogen) atoms. The van der Waals surface area contributed by atoms with E-state index in [0.29, 0.717) is 30.2 Å². The maximum absolute atomic E-state index is 12.8. The standard InChI is InChI=1S/C34H36FNO4/c1-26(18-19-39-31-16-8-10-27(20-31)22-34(37)38)36(23-28-11-9-17-32(21-28)40-25-35)24-33(29-12-4-2-5-13-29)30-14-6-3-7-15-30/h2-17,20-21,26,33H,18-19,22-25H2,1H3,(H,37,38). The van der Waals surface area contributed by atoms with Gasteiger partial charge in [-0.05, 0) is 59.9 Å². The van der Waals surface area contributed by atoms with Gasteiger partial charge < -0.3 is 14.6 Å². The highest BCUT2D eigenvalue weighted by molar-refractivity contribution is 5.70. The van der Waals surface area contributed by atoms with Crippen LogP contribution < -0.4 is 9.47 Å². The predicted octanol–water partition coefficient (Wildman–Crippen LogP) is 7.11. The Labute approximate surface area is 235 Å². The number of rotatable bonds is 15. The van der Waals surface area contributed by atoms with Gasteiger partial charge in [-0.25, -0.2) is 4.39 Å². The Morgan fingerprint density at radius 1 is 0.800 bits per heavy atom. The van der Waals surface area contributed by atoms with Gasteiger partial charge in [-0.1, -0.05) is 84.9 Å². The topological polar surface area (TPSA) is 59.0 Å². The molecule has 0 saturated carbocycles. The molecule has 1 N–H and O–H groups in total. The molecule has 4 aromatic carbocycles. The van der Waals surface area contributed by atoms with E-state index in [4.69, 9.17) is 14.6 Å². The van der Waals surface area contributed by atoms with Crippen LogP contribution in [-0.2, 0) is 17.8 Å². The van der Waals surface area contributed by atoms with Gasteiger partial charge in [0.2, 0.25) is 6.86 Å². The highest BCUT2D eigenvalue weighted by Gasteiger charge is 2.22. The minimum Gasteiger partial charge on any atom is -0.494 e. The van der Waals surface area contributed by atoms with Gasteiger partial charge in [-0.2, -0.15) is 0 Å². The molecular formula is C34H36FNO4. The van der Waals surface area contributed by atoms with Gasteiger partial charge in [-0.15, -0.1) is 0 Å². The Hall–Kier alpha value is -4.16. The van der Waals surface area contributed by atoms with Crippen LogP contribution in [-0.4, -0.2) is 42.0 Å². The number of nitrogens with zero attached hydrogens (tertiary/aromatic N) is 1. The zero-order chi connectivity index (χ0) is 28.2. The largest absolute Gasteiger partial charge is 0.494 e. The number of carboxylic acid groups (broad SMARTS) is 1. The Kier molecular flexibility index (Phi) is 10.7. The molecule has 0 radical (unpaired) electrons. The molecule has 4 rings (SSSR count). The van der Waals surface area contributed by atoms with Crippen LogP contribution >= 0.6 is 0 Å². The summed E-state index contributed by atoms with van der Waals surface area (Å²) < 4.78 is 24.0. The molecule has 0 saturated heterocycles. The number of hydrogen-bond acceptors (Lipinski definition) is 4. The van der Waals surface area contributed by atoms with Crippen LogP contribution in [0.2, 0.25) is 0 Å². The third kappa shape index (κ3) is 8.68. The molecule has 1 atom stereocenters. The minimum atomic E-state index is -0.867. The summed E-state index contributed by atoms with van der Waals surface area (Å²) in [7, 11) is 0. The third-order valence-electron chi connectivity index (χ3n) is 7.01. The smallest absolute Gasteiger partial charge is 0.307 e. The summed E-state index contributed by atoms with van der Waals surface area (Å²) in [5.74, 6) is 0.470. The fourth-order valence-electron chi connectivity index (χ4n) is 4.89. The van der Waals surface area contributed by atoms with Gasteiger partial charge in [0.1, 0.15) is 11.5 Å². The molecule has 0 aliphatic heterocycles. The van der Waals surface area contributed by atoms with E-state index in [1.54, 1.807) is 18.2 Å². The summed E-state index contributed by atoms with van der Waals surface area (Å²) in [6.07, 6.45) is 0.729. The van der Waals surface area contributed by atoms with Crippen LogP contribution in [0, 0.1) is 0 Å². The lowest BCUT2D eigenvalue weighted by atomic mass is 9.90. The first-order chi connectivity index (χ1) is 19.5. The maximum Gasteiger partial charge on any atom is 0.307 e. The van der Waals surface area contributed by atoms with Crippen molar-refractivity contribution in [3.05, 3.63) is 131 Å². The summed E-state index contributed by atoms with van der Waals surface area (Å²) in [6, 6.07) is 36.0. The first kappa shape index (κ1) is 28.8. The monoisotopic (exact) mass is 541 g/mol. The van der Waals surface area contributed by atoms with Crippen molar-refractivity contribution in [1.82, 2.24) is 4.90 Å². The number of ether oxygens (including phenoxy) is 2. The predicted molar refractivity (Wildman–Crippen MR) is 156 cm³/mol. The van der Waals surface area contributed by atoms with Crippen LogP contribution in [0.4, 0.5) is 4.39 Å². The van der Waals surface area contributed by atoms with E-state index in [0.717, 1.165) is 18.5 Å². The van der Waals surface area contributed by atoms with Crippen LogP contribution in [0.1, 0.15) is 41.5 Å². The van der Waals surface area contributed by atoms with Crippen molar-refractivity contribution >= 4 is 5.97 Å². The Bertz CT molecular complexity index is 1290. The van der Waals surface area contributed by atoms with E-state index in [-0.39, 0.29) is 18.4 Å².